The molecule has 0 spiro atoms. The van der Waals surface area contributed by atoms with Crippen molar-refractivity contribution in [2.24, 2.45) is 0 Å². The lowest BCUT2D eigenvalue weighted by atomic mass is 9.94. The van der Waals surface area contributed by atoms with E-state index in [9.17, 15) is 19.2 Å². The highest BCUT2D eigenvalue weighted by Crippen LogP contribution is 2.33. The molecule has 0 unspecified atom stereocenters. The van der Waals surface area contributed by atoms with Crippen molar-refractivity contribution in [3.63, 3.8) is 0 Å². The maximum atomic E-state index is 13.6. The van der Waals surface area contributed by atoms with E-state index < -0.39 is 18.4 Å². The topological polar surface area (TPSA) is 134 Å². The van der Waals surface area contributed by atoms with Gasteiger partial charge < -0.3 is 10.4 Å². The van der Waals surface area contributed by atoms with E-state index in [0.29, 0.717) is 27.1 Å². The number of H-pyrrole nitrogens is 1. The molecule has 0 bridgehead atoms. The molecule has 2 heterocycles. The second-order valence-electron chi connectivity index (χ2n) is 7.80. The second-order valence-corrected chi connectivity index (χ2v) is 8.24. The monoisotopic (exact) mass is 492 g/mol. The number of rotatable bonds is 8. The van der Waals surface area contributed by atoms with E-state index in [1.807, 2.05) is 30.3 Å². The number of aliphatic carboxylic acids is 1. The average molecular weight is 493 g/mol. The van der Waals surface area contributed by atoms with Gasteiger partial charge in [0, 0.05) is 22.4 Å². The first-order chi connectivity index (χ1) is 16.8. The number of carboxylic acid groups (broad SMARTS) is 1. The quantitative estimate of drug-likeness (QED) is 0.322. The van der Waals surface area contributed by atoms with Gasteiger partial charge in [-0.15, -0.1) is 0 Å². The first-order valence-corrected chi connectivity index (χ1v) is 11.2. The van der Waals surface area contributed by atoms with Gasteiger partial charge in [-0.05, 0) is 35.2 Å². The van der Waals surface area contributed by atoms with Crippen LogP contribution in [0.25, 0.3) is 21.9 Å². The van der Waals surface area contributed by atoms with Crippen molar-refractivity contribution in [3.8, 4) is 11.1 Å². The summed E-state index contributed by atoms with van der Waals surface area (Å²) < 4.78 is 1.37. The number of ketones is 1. The smallest absolute Gasteiger partial charge is 0.322 e. The van der Waals surface area contributed by atoms with Gasteiger partial charge in [-0.1, -0.05) is 48.9 Å². The Kier molecular flexibility index (Phi) is 6.79. The largest absolute Gasteiger partial charge is 0.480 e. The van der Waals surface area contributed by atoms with Crippen LogP contribution in [0.3, 0.4) is 0 Å². The summed E-state index contributed by atoms with van der Waals surface area (Å²) >= 11 is 6.26. The number of nitrogens with one attached hydrogen (secondary N) is 2. The number of fused-ring (bicyclic) bond motifs is 1. The summed E-state index contributed by atoms with van der Waals surface area (Å²) in [5, 5.41) is 19.0. The molecule has 0 radical (unpaired) electrons. The second kappa shape index (κ2) is 9.94. The number of nitrogens with zero attached hydrogens (tertiary/aromatic N) is 2. The molecule has 4 aromatic rings. The van der Waals surface area contributed by atoms with Crippen molar-refractivity contribution in [1.29, 1.82) is 0 Å². The van der Waals surface area contributed by atoms with Crippen molar-refractivity contribution in [2.75, 3.05) is 6.54 Å². The van der Waals surface area contributed by atoms with E-state index in [4.69, 9.17) is 16.7 Å². The molecule has 4 rings (SSSR count). The number of halogens is 1. The molecular formula is C25H21ClN4O5. The number of benzene rings is 2. The zero-order valence-corrected chi connectivity index (χ0v) is 19.4. The molecule has 1 amide bonds. The molecule has 0 aliphatic carbocycles. The van der Waals surface area contributed by atoms with E-state index in [-0.39, 0.29) is 35.7 Å². The number of carbonyl (C=O) groups excluding carboxylic acids is 2. The summed E-state index contributed by atoms with van der Waals surface area (Å²) in [6, 6.07) is 15.6. The molecule has 0 aliphatic rings. The zero-order valence-electron chi connectivity index (χ0n) is 18.7. The van der Waals surface area contributed by atoms with E-state index in [1.54, 1.807) is 25.1 Å². The molecule has 2 aromatic carbocycles. The van der Waals surface area contributed by atoms with Crippen molar-refractivity contribution in [2.45, 2.75) is 19.9 Å². The molecule has 0 aliphatic heterocycles. The lowest BCUT2D eigenvalue weighted by molar-refractivity contribution is -0.135. The summed E-state index contributed by atoms with van der Waals surface area (Å²) in [5.41, 5.74) is 1.54. The molecule has 2 aromatic heterocycles. The number of amides is 1. The molecular weight excluding hydrogens is 472 g/mol. The van der Waals surface area contributed by atoms with Gasteiger partial charge in [0.05, 0.1) is 17.9 Å². The Morgan fingerprint density at radius 1 is 1.09 bits per heavy atom. The van der Waals surface area contributed by atoms with Gasteiger partial charge in [0.2, 0.25) is 0 Å². The van der Waals surface area contributed by atoms with Crippen LogP contribution in [0.4, 0.5) is 0 Å². The molecule has 0 saturated heterocycles. The fourth-order valence-corrected chi connectivity index (χ4v) is 4.07. The molecule has 0 atom stereocenters. The first-order valence-electron chi connectivity index (χ1n) is 10.8. The number of hydrogen-bond donors (Lipinski definition) is 3. The summed E-state index contributed by atoms with van der Waals surface area (Å²) in [6.07, 6.45) is 0.164. The zero-order chi connectivity index (χ0) is 25.1. The van der Waals surface area contributed by atoms with Crippen LogP contribution in [0.5, 0.6) is 0 Å². The van der Waals surface area contributed by atoms with E-state index in [2.05, 4.69) is 15.5 Å². The highest BCUT2D eigenvalue weighted by Gasteiger charge is 2.23. The van der Waals surface area contributed by atoms with Crippen molar-refractivity contribution >= 4 is 40.0 Å². The Labute approximate surface area is 204 Å². The van der Waals surface area contributed by atoms with Crippen LogP contribution in [0, 0.1) is 0 Å². The Morgan fingerprint density at radius 3 is 2.51 bits per heavy atom. The third kappa shape index (κ3) is 4.85. The third-order valence-corrected chi connectivity index (χ3v) is 5.71. The minimum absolute atomic E-state index is 0.0338. The van der Waals surface area contributed by atoms with Gasteiger partial charge in [0.15, 0.2) is 5.78 Å². The predicted molar refractivity (Wildman–Crippen MR) is 131 cm³/mol. The summed E-state index contributed by atoms with van der Waals surface area (Å²) in [7, 11) is 0. The number of hydrogen-bond acceptors (Lipinski definition) is 5. The van der Waals surface area contributed by atoms with Gasteiger partial charge in [-0.25, -0.2) is 0 Å². The minimum atomic E-state index is -1.19. The van der Waals surface area contributed by atoms with Crippen LogP contribution in [-0.4, -0.2) is 44.1 Å². The van der Waals surface area contributed by atoms with Gasteiger partial charge in [0.1, 0.15) is 12.2 Å². The van der Waals surface area contributed by atoms with Gasteiger partial charge in [-0.2, -0.15) is 5.10 Å². The van der Waals surface area contributed by atoms with Gasteiger partial charge in [0.25, 0.3) is 11.5 Å². The molecule has 35 heavy (non-hydrogen) atoms. The van der Waals surface area contributed by atoms with Gasteiger partial charge >= 0.3 is 5.97 Å². The number of aromatic amines is 1. The van der Waals surface area contributed by atoms with E-state index in [1.165, 1.54) is 10.6 Å². The van der Waals surface area contributed by atoms with Crippen molar-refractivity contribution < 1.29 is 19.5 Å². The Bertz CT molecular complexity index is 1510. The lowest BCUT2D eigenvalue weighted by Crippen LogP contribution is -2.29. The summed E-state index contributed by atoms with van der Waals surface area (Å²) in [6.45, 7) is 1.11. The number of aromatic nitrogens is 3. The number of carboxylic acids is 1. The highest BCUT2D eigenvalue weighted by molar-refractivity contribution is 6.31. The fourth-order valence-electron chi connectivity index (χ4n) is 3.90. The average Bonchev–Trinajstić information content (AvgIpc) is 3.32. The minimum Gasteiger partial charge on any atom is -0.480 e. The van der Waals surface area contributed by atoms with Crippen LogP contribution in [0.2, 0.25) is 5.02 Å². The standard InChI is InChI=1S/C25H21ClN4O5/c1-2-20(31)23-22(14-6-4-3-5-7-14)18-10-15(26)8-9-17(18)25(35)30(23)13-16-11-19(29-28-16)24(34)27-12-21(32)33/h3-11H,2,12-13H2,1H3,(H,27,34)(H,28,29)(H,32,33). The maximum Gasteiger partial charge on any atom is 0.322 e. The van der Waals surface area contributed by atoms with Crippen LogP contribution in [0.1, 0.15) is 40.0 Å². The number of pyridine rings is 1. The van der Waals surface area contributed by atoms with Crippen molar-refractivity contribution in [1.82, 2.24) is 20.1 Å². The van der Waals surface area contributed by atoms with Gasteiger partial charge in [-0.3, -0.25) is 28.8 Å². The normalized spacial score (nSPS) is 10.9. The molecule has 10 heteroatoms. The Hall–Kier alpha value is -4.24. The van der Waals surface area contributed by atoms with E-state index in [0.717, 1.165) is 5.56 Å². The number of Topliss-reactive ketones (excluding diaryl/α,β-unsaturated/α-hetero) is 1. The van der Waals surface area contributed by atoms with Crippen LogP contribution in [0.15, 0.2) is 59.4 Å². The predicted octanol–water partition coefficient (Wildman–Crippen LogP) is 3.50. The molecule has 9 nitrogen and oxygen atoms in total. The Morgan fingerprint density at radius 2 is 1.83 bits per heavy atom. The fraction of sp³-hybridized carbons (Fsp3) is 0.160. The highest BCUT2D eigenvalue weighted by atomic mass is 35.5. The molecule has 3 N–H and O–H groups in total. The number of carbonyl (C=O) groups is 3. The van der Waals surface area contributed by atoms with Crippen molar-refractivity contribution in [3.05, 3.63) is 87.1 Å². The SMILES string of the molecule is CCC(=O)c1c(-c2ccccc2)c2cc(Cl)ccc2c(=O)n1Cc1cc(C(=O)NCC(=O)O)n[nH]1. The van der Waals surface area contributed by atoms with E-state index >= 15 is 0 Å². The lowest BCUT2D eigenvalue weighted by Gasteiger charge is -2.19. The van der Waals surface area contributed by atoms with Crippen LogP contribution >= 0.6 is 11.6 Å². The molecule has 0 fully saturated rings. The molecule has 178 valence electrons. The van der Waals surface area contributed by atoms with Crippen LogP contribution < -0.4 is 10.9 Å². The summed E-state index contributed by atoms with van der Waals surface area (Å²) in [4.78, 5) is 49.7. The first kappa shape index (κ1) is 23.9. The van der Waals surface area contributed by atoms with Crippen LogP contribution in [-0.2, 0) is 11.3 Å². The summed E-state index contributed by atoms with van der Waals surface area (Å²) in [5.74, 6) is -2.10. The Balaban J connectivity index is 1.90. The third-order valence-electron chi connectivity index (χ3n) is 5.47. The maximum absolute atomic E-state index is 13.6. The molecule has 0 saturated carbocycles.